The van der Waals surface area contributed by atoms with E-state index in [-0.39, 0.29) is 5.97 Å². The van der Waals surface area contributed by atoms with Gasteiger partial charge in [0, 0.05) is 25.3 Å². The van der Waals surface area contributed by atoms with Crippen LogP contribution >= 0.6 is 0 Å². The van der Waals surface area contributed by atoms with Crippen LogP contribution in [0.2, 0.25) is 0 Å². The summed E-state index contributed by atoms with van der Waals surface area (Å²) in [6.45, 7) is 0.849. The van der Waals surface area contributed by atoms with Crippen molar-refractivity contribution in [3.63, 3.8) is 0 Å². The Hall–Kier alpha value is -1.29. The maximum absolute atomic E-state index is 11.6. The van der Waals surface area contributed by atoms with Crippen LogP contribution in [0.5, 0.6) is 0 Å². The van der Waals surface area contributed by atoms with E-state index in [0.717, 1.165) is 18.0 Å². The second-order valence-electron chi connectivity index (χ2n) is 5.99. The molecule has 4 nitrogen and oxygen atoms in total. The fourth-order valence-corrected chi connectivity index (χ4v) is 3.52. The van der Waals surface area contributed by atoms with E-state index in [9.17, 15) is 4.79 Å². The zero-order chi connectivity index (χ0) is 13.5. The lowest BCUT2D eigenvalue weighted by atomic mass is 9.95. The third-order valence-corrected chi connectivity index (χ3v) is 4.76. The van der Waals surface area contributed by atoms with Crippen LogP contribution in [0.1, 0.15) is 48.2 Å². The zero-order valence-electron chi connectivity index (χ0n) is 11.7. The average Bonchev–Trinajstić information content (AvgIpc) is 3.04. The smallest absolute Gasteiger partial charge is 0.354 e. The second kappa shape index (κ2) is 4.67. The number of nitrogens with zero attached hydrogens (tertiary/aromatic N) is 1. The molecule has 4 heteroatoms. The topological polar surface area (TPSA) is 43.3 Å². The van der Waals surface area contributed by atoms with Crippen LogP contribution in [-0.2, 0) is 18.3 Å². The minimum absolute atomic E-state index is 0.270. The minimum Gasteiger partial charge on any atom is -0.464 e. The number of hydrogen-bond donors (Lipinski definition) is 1. The molecular weight excluding hydrogens is 240 g/mol. The van der Waals surface area contributed by atoms with Gasteiger partial charge in [0.15, 0.2) is 0 Å². The fourth-order valence-electron chi connectivity index (χ4n) is 3.52. The van der Waals surface area contributed by atoms with Crippen LogP contribution in [-0.4, -0.2) is 23.2 Å². The molecule has 0 spiro atoms. The van der Waals surface area contributed by atoms with E-state index in [1.54, 1.807) is 0 Å². The first kappa shape index (κ1) is 12.7. The summed E-state index contributed by atoms with van der Waals surface area (Å²) < 4.78 is 6.61. The highest BCUT2D eigenvalue weighted by atomic mass is 16.5. The second-order valence-corrected chi connectivity index (χ2v) is 5.99. The van der Waals surface area contributed by atoms with E-state index >= 15 is 0 Å². The summed E-state index contributed by atoms with van der Waals surface area (Å²) in [5.74, 6) is 0.624. The van der Waals surface area contributed by atoms with E-state index in [1.807, 2.05) is 23.9 Å². The maximum atomic E-state index is 11.6. The van der Waals surface area contributed by atoms with Crippen LogP contribution in [0.15, 0.2) is 12.3 Å². The largest absolute Gasteiger partial charge is 0.464 e. The van der Waals surface area contributed by atoms with Crippen molar-refractivity contribution >= 4 is 5.97 Å². The van der Waals surface area contributed by atoms with Crippen molar-refractivity contribution in [2.45, 2.75) is 44.2 Å². The van der Waals surface area contributed by atoms with Gasteiger partial charge in [-0.3, -0.25) is 0 Å². The van der Waals surface area contributed by atoms with Gasteiger partial charge in [0.25, 0.3) is 0 Å². The molecule has 1 N–H and O–H groups in total. The Balaban J connectivity index is 1.63. The Bertz CT molecular complexity index is 494. The zero-order valence-corrected chi connectivity index (χ0v) is 11.7. The first-order valence-electron chi connectivity index (χ1n) is 7.13. The molecule has 2 atom stereocenters. The number of fused-ring (bicyclic) bond motifs is 1. The molecule has 0 bridgehead atoms. The SMILES string of the molecule is COC(=O)c1cc(CNC23CCCCC2C3)cn1C. The number of hydrogen-bond acceptors (Lipinski definition) is 3. The molecule has 2 saturated carbocycles. The number of nitrogens with one attached hydrogen (secondary N) is 1. The summed E-state index contributed by atoms with van der Waals surface area (Å²) >= 11 is 0. The number of aromatic nitrogens is 1. The van der Waals surface area contributed by atoms with E-state index in [4.69, 9.17) is 4.74 Å². The average molecular weight is 262 g/mol. The number of rotatable bonds is 4. The van der Waals surface area contributed by atoms with Gasteiger partial charge >= 0.3 is 5.97 Å². The highest BCUT2D eigenvalue weighted by Crippen LogP contribution is 2.53. The quantitative estimate of drug-likeness (QED) is 0.846. The molecule has 1 heterocycles. The monoisotopic (exact) mass is 262 g/mol. The van der Waals surface area contributed by atoms with Gasteiger partial charge in [-0.15, -0.1) is 0 Å². The number of aryl methyl sites for hydroxylation is 1. The van der Waals surface area contributed by atoms with E-state index in [0.29, 0.717) is 11.2 Å². The molecule has 104 valence electrons. The van der Waals surface area contributed by atoms with Crippen LogP contribution in [0.25, 0.3) is 0 Å². The third-order valence-electron chi connectivity index (χ3n) is 4.76. The number of methoxy groups -OCH3 is 1. The molecule has 0 aromatic carbocycles. The van der Waals surface area contributed by atoms with Gasteiger partial charge in [-0.2, -0.15) is 0 Å². The standard InChI is InChI=1S/C15H22N2O2/c1-17-10-11(7-13(17)14(18)19-2)9-16-15-6-4-3-5-12(15)8-15/h7,10,12,16H,3-6,8-9H2,1-2H3. The molecule has 1 aromatic heterocycles. The summed E-state index contributed by atoms with van der Waals surface area (Å²) in [5, 5.41) is 3.72. The summed E-state index contributed by atoms with van der Waals surface area (Å²) in [4.78, 5) is 11.6. The van der Waals surface area contributed by atoms with Crippen molar-refractivity contribution < 1.29 is 9.53 Å². The van der Waals surface area contributed by atoms with Crippen molar-refractivity contribution in [1.82, 2.24) is 9.88 Å². The minimum atomic E-state index is -0.270. The van der Waals surface area contributed by atoms with Gasteiger partial charge in [-0.25, -0.2) is 4.79 Å². The molecule has 2 fully saturated rings. The molecule has 0 amide bonds. The van der Waals surface area contributed by atoms with Crippen LogP contribution < -0.4 is 5.32 Å². The van der Waals surface area contributed by atoms with Crippen molar-refractivity contribution in [3.8, 4) is 0 Å². The number of carbonyl (C=O) groups is 1. The molecular formula is C15H22N2O2. The first-order valence-corrected chi connectivity index (χ1v) is 7.13. The summed E-state index contributed by atoms with van der Waals surface area (Å²) in [5.41, 5.74) is 2.20. The molecule has 2 unspecified atom stereocenters. The molecule has 2 aliphatic rings. The molecule has 1 aromatic rings. The Morgan fingerprint density at radius 2 is 2.42 bits per heavy atom. The van der Waals surface area contributed by atoms with Gasteiger partial charge in [-0.1, -0.05) is 12.8 Å². The predicted molar refractivity (Wildman–Crippen MR) is 72.9 cm³/mol. The Morgan fingerprint density at radius 1 is 1.58 bits per heavy atom. The van der Waals surface area contributed by atoms with Crippen molar-refractivity contribution in [2.75, 3.05) is 7.11 Å². The molecule has 0 aliphatic heterocycles. The lowest BCUT2D eigenvalue weighted by Gasteiger charge is -2.23. The Kier molecular flexibility index (Phi) is 3.13. The first-order chi connectivity index (χ1) is 9.14. The summed E-state index contributed by atoms with van der Waals surface area (Å²) in [6, 6.07) is 1.93. The fraction of sp³-hybridized carbons (Fsp3) is 0.667. The lowest BCUT2D eigenvalue weighted by Crippen LogP contribution is -2.34. The van der Waals surface area contributed by atoms with Gasteiger partial charge in [0.1, 0.15) is 5.69 Å². The molecule has 0 radical (unpaired) electrons. The maximum Gasteiger partial charge on any atom is 0.354 e. The summed E-state index contributed by atoms with van der Waals surface area (Å²) in [7, 11) is 3.30. The molecule has 2 aliphatic carbocycles. The van der Waals surface area contributed by atoms with E-state index in [2.05, 4.69) is 5.32 Å². The highest BCUT2D eigenvalue weighted by Gasteiger charge is 2.54. The van der Waals surface area contributed by atoms with Crippen LogP contribution in [0.4, 0.5) is 0 Å². The van der Waals surface area contributed by atoms with Gasteiger partial charge in [0.2, 0.25) is 0 Å². The molecule has 0 saturated heterocycles. The number of esters is 1. The Morgan fingerprint density at radius 3 is 3.16 bits per heavy atom. The van der Waals surface area contributed by atoms with Crippen LogP contribution in [0.3, 0.4) is 0 Å². The number of carbonyl (C=O) groups excluding carboxylic acids is 1. The van der Waals surface area contributed by atoms with Crippen molar-refractivity contribution in [2.24, 2.45) is 13.0 Å². The third kappa shape index (κ3) is 2.29. The predicted octanol–water partition coefficient (Wildman–Crippen LogP) is 2.23. The van der Waals surface area contributed by atoms with E-state index < -0.39 is 0 Å². The molecule has 19 heavy (non-hydrogen) atoms. The van der Waals surface area contributed by atoms with Gasteiger partial charge in [0.05, 0.1) is 7.11 Å². The van der Waals surface area contributed by atoms with Crippen molar-refractivity contribution in [1.29, 1.82) is 0 Å². The van der Waals surface area contributed by atoms with Gasteiger partial charge in [-0.05, 0) is 36.8 Å². The van der Waals surface area contributed by atoms with Crippen molar-refractivity contribution in [3.05, 3.63) is 23.5 Å². The summed E-state index contributed by atoms with van der Waals surface area (Å²) in [6.07, 6.45) is 8.79. The molecule has 3 rings (SSSR count). The van der Waals surface area contributed by atoms with Gasteiger partial charge < -0.3 is 14.6 Å². The normalized spacial score (nSPS) is 28.8. The number of ether oxygens (including phenoxy) is 1. The highest BCUT2D eigenvalue weighted by molar-refractivity contribution is 5.87. The lowest BCUT2D eigenvalue weighted by molar-refractivity contribution is 0.0590. The Labute approximate surface area is 114 Å². The van der Waals surface area contributed by atoms with E-state index in [1.165, 1.54) is 39.2 Å². The van der Waals surface area contributed by atoms with Crippen LogP contribution in [0, 0.1) is 5.92 Å².